The molecule has 0 aromatic carbocycles. The summed E-state index contributed by atoms with van der Waals surface area (Å²) in [6.45, 7) is 2.77. The van der Waals surface area contributed by atoms with Crippen molar-refractivity contribution in [3.05, 3.63) is 82.8 Å². The zero-order chi connectivity index (χ0) is 22.7. The molecule has 1 saturated carbocycles. The first-order valence-corrected chi connectivity index (χ1v) is 10.6. The predicted octanol–water partition coefficient (Wildman–Crippen LogP) is 2.36. The number of allylic oxidation sites excluding steroid dienone is 4. The zero-order valence-corrected chi connectivity index (χ0v) is 17.9. The Morgan fingerprint density at radius 2 is 2.09 bits per heavy atom. The van der Waals surface area contributed by atoms with Crippen molar-refractivity contribution < 1.29 is 9.59 Å². The summed E-state index contributed by atoms with van der Waals surface area (Å²) >= 11 is 0. The van der Waals surface area contributed by atoms with Crippen molar-refractivity contribution in [3.63, 3.8) is 0 Å². The van der Waals surface area contributed by atoms with Crippen molar-refractivity contribution in [2.24, 2.45) is 5.73 Å². The maximum atomic E-state index is 13.6. The standard InChI is InChI=1S/C24H26N6O2/c1-15-5-8-22(29-13-15)30(18-3-2-4-18)24(32)16-9-10-27-21(11-16)19(12-25)17-6-7-20(23(26)31)28-14-17/h5-12,14,18,25,27,29H,2-4,13H2,1H3,(H2,26,31)/b21-19+,25-12?. The molecular formula is C24H26N6O2. The molecule has 0 radical (unpaired) electrons. The molecule has 2 amide bonds. The van der Waals surface area contributed by atoms with Gasteiger partial charge in [0.05, 0.1) is 0 Å². The average molecular weight is 431 g/mol. The van der Waals surface area contributed by atoms with Crippen LogP contribution < -0.4 is 16.4 Å². The van der Waals surface area contributed by atoms with E-state index in [9.17, 15) is 9.59 Å². The van der Waals surface area contributed by atoms with Gasteiger partial charge in [-0.05, 0) is 50.5 Å². The summed E-state index contributed by atoms with van der Waals surface area (Å²) in [7, 11) is 0. The Morgan fingerprint density at radius 1 is 1.28 bits per heavy atom. The molecule has 1 fully saturated rings. The largest absolute Gasteiger partial charge is 0.368 e. The monoisotopic (exact) mass is 430 g/mol. The molecule has 5 N–H and O–H groups in total. The van der Waals surface area contributed by atoms with Gasteiger partial charge in [-0.25, -0.2) is 0 Å². The average Bonchev–Trinajstić information content (AvgIpc) is 2.77. The molecule has 1 aliphatic carbocycles. The molecule has 0 atom stereocenters. The van der Waals surface area contributed by atoms with Gasteiger partial charge in [-0.15, -0.1) is 0 Å². The molecular weight excluding hydrogens is 404 g/mol. The molecule has 0 bridgehead atoms. The normalized spacial score (nSPS) is 19.3. The van der Waals surface area contributed by atoms with Crippen LogP contribution in [-0.2, 0) is 4.79 Å². The van der Waals surface area contributed by atoms with E-state index in [0.29, 0.717) is 22.4 Å². The second-order valence-corrected chi connectivity index (χ2v) is 8.02. The van der Waals surface area contributed by atoms with Crippen molar-refractivity contribution in [3.8, 4) is 0 Å². The minimum Gasteiger partial charge on any atom is -0.368 e. The predicted molar refractivity (Wildman–Crippen MR) is 123 cm³/mol. The number of nitrogens with one attached hydrogen (secondary N) is 3. The van der Waals surface area contributed by atoms with Crippen LogP contribution in [0.4, 0.5) is 0 Å². The molecule has 2 aliphatic heterocycles. The van der Waals surface area contributed by atoms with Crippen LogP contribution in [0.5, 0.6) is 0 Å². The third-order valence-electron chi connectivity index (χ3n) is 5.80. The fraction of sp³-hybridized carbons (Fsp3) is 0.250. The lowest BCUT2D eigenvalue weighted by Gasteiger charge is -2.40. The van der Waals surface area contributed by atoms with Gasteiger partial charge in [0.2, 0.25) is 0 Å². The van der Waals surface area contributed by atoms with Crippen LogP contribution in [0.25, 0.3) is 5.57 Å². The van der Waals surface area contributed by atoms with Gasteiger partial charge in [0.25, 0.3) is 11.8 Å². The highest BCUT2D eigenvalue weighted by Crippen LogP contribution is 2.30. The number of hydrogen-bond donors (Lipinski definition) is 4. The molecule has 0 saturated heterocycles. The third kappa shape index (κ3) is 4.25. The molecule has 3 heterocycles. The van der Waals surface area contributed by atoms with Crippen LogP contribution >= 0.6 is 0 Å². The van der Waals surface area contributed by atoms with E-state index in [1.807, 2.05) is 17.1 Å². The highest BCUT2D eigenvalue weighted by molar-refractivity contribution is 6.11. The van der Waals surface area contributed by atoms with Crippen molar-refractivity contribution in [1.29, 1.82) is 5.41 Å². The van der Waals surface area contributed by atoms with Gasteiger partial charge in [0.15, 0.2) is 0 Å². The number of rotatable bonds is 6. The maximum absolute atomic E-state index is 13.6. The molecule has 32 heavy (non-hydrogen) atoms. The molecule has 164 valence electrons. The van der Waals surface area contributed by atoms with Gasteiger partial charge in [-0.3, -0.25) is 19.5 Å². The molecule has 1 aromatic heterocycles. The molecule has 3 aliphatic rings. The van der Waals surface area contributed by atoms with E-state index in [0.717, 1.165) is 31.6 Å². The Kier molecular flexibility index (Phi) is 6.02. The Morgan fingerprint density at radius 3 is 2.66 bits per heavy atom. The molecule has 4 rings (SSSR count). The second-order valence-electron chi connectivity index (χ2n) is 8.02. The Bertz CT molecular complexity index is 1100. The van der Waals surface area contributed by atoms with Crippen molar-refractivity contribution in [1.82, 2.24) is 20.5 Å². The van der Waals surface area contributed by atoms with E-state index in [2.05, 4.69) is 22.5 Å². The number of carbonyl (C=O) groups is 2. The number of dihydropyridines is 2. The zero-order valence-electron chi connectivity index (χ0n) is 17.9. The summed E-state index contributed by atoms with van der Waals surface area (Å²) in [5.74, 6) is 0.129. The lowest BCUT2D eigenvalue weighted by molar-refractivity contribution is -0.128. The van der Waals surface area contributed by atoms with Crippen LogP contribution in [0.3, 0.4) is 0 Å². The smallest absolute Gasteiger partial charge is 0.267 e. The molecule has 8 nitrogen and oxygen atoms in total. The minimum atomic E-state index is -0.612. The van der Waals surface area contributed by atoms with Crippen LogP contribution in [0.15, 0.2) is 71.5 Å². The van der Waals surface area contributed by atoms with Crippen molar-refractivity contribution in [2.75, 3.05) is 6.54 Å². The summed E-state index contributed by atoms with van der Waals surface area (Å²) < 4.78 is 0. The first-order valence-electron chi connectivity index (χ1n) is 10.6. The number of aromatic nitrogens is 1. The number of primary amides is 1. The van der Waals surface area contributed by atoms with E-state index in [1.165, 1.54) is 24.1 Å². The first-order chi connectivity index (χ1) is 15.5. The topological polar surface area (TPSA) is 124 Å². The van der Waals surface area contributed by atoms with Crippen LogP contribution in [-0.4, -0.2) is 40.5 Å². The lowest BCUT2D eigenvalue weighted by atomic mass is 9.90. The number of nitrogens with zero attached hydrogens (tertiary/aromatic N) is 2. The highest BCUT2D eigenvalue weighted by atomic mass is 16.2. The van der Waals surface area contributed by atoms with E-state index in [1.54, 1.807) is 24.4 Å². The molecule has 1 aromatic rings. The van der Waals surface area contributed by atoms with Gasteiger partial charge in [0.1, 0.15) is 11.5 Å². The van der Waals surface area contributed by atoms with Gasteiger partial charge >= 0.3 is 0 Å². The summed E-state index contributed by atoms with van der Waals surface area (Å²) in [5, 5.41) is 14.4. The van der Waals surface area contributed by atoms with Crippen LogP contribution in [0.1, 0.15) is 42.2 Å². The van der Waals surface area contributed by atoms with Crippen molar-refractivity contribution >= 4 is 23.6 Å². The quantitative estimate of drug-likeness (QED) is 0.516. The van der Waals surface area contributed by atoms with Gasteiger partial charge < -0.3 is 21.8 Å². The number of hydrogen-bond acceptors (Lipinski definition) is 6. The van der Waals surface area contributed by atoms with Crippen molar-refractivity contribution in [2.45, 2.75) is 32.2 Å². The van der Waals surface area contributed by atoms with E-state index >= 15 is 0 Å². The van der Waals surface area contributed by atoms with Crippen LogP contribution in [0.2, 0.25) is 0 Å². The molecule has 0 unspecified atom stereocenters. The Hall–Kier alpha value is -3.94. The summed E-state index contributed by atoms with van der Waals surface area (Å²) in [4.78, 5) is 30.8. The number of pyridine rings is 1. The SMILES string of the molecule is CC1=CC=C(N(C(=O)C2=C/C(=C(/C=N)c3ccc(C(N)=O)nc3)NC=C2)C2CCC2)NC1. The number of nitrogens with two attached hydrogens (primary N) is 1. The van der Waals surface area contributed by atoms with Gasteiger partial charge in [-0.1, -0.05) is 17.7 Å². The van der Waals surface area contributed by atoms with E-state index in [4.69, 9.17) is 11.1 Å². The first kappa shape index (κ1) is 21.3. The number of amides is 2. The minimum absolute atomic E-state index is 0.0804. The summed E-state index contributed by atoms with van der Waals surface area (Å²) in [6.07, 6.45) is 15.0. The lowest BCUT2D eigenvalue weighted by Crippen LogP contribution is -2.48. The van der Waals surface area contributed by atoms with Gasteiger partial charge in [0, 0.05) is 53.6 Å². The van der Waals surface area contributed by atoms with Crippen LogP contribution in [0, 0.1) is 5.41 Å². The summed E-state index contributed by atoms with van der Waals surface area (Å²) in [5.41, 5.74) is 8.95. The fourth-order valence-electron chi connectivity index (χ4n) is 3.76. The highest BCUT2D eigenvalue weighted by Gasteiger charge is 2.33. The summed E-state index contributed by atoms with van der Waals surface area (Å²) in [6, 6.07) is 3.38. The molecule has 8 heteroatoms. The fourth-order valence-corrected chi connectivity index (χ4v) is 3.76. The van der Waals surface area contributed by atoms with E-state index < -0.39 is 5.91 Å². The van der Waals surface area contributed by atoms with Gasteiger partial charge in [-0.2, -0.15) is 0 Å². The molecule has 0 spiro atoms. The van der Waals surface area contributed by atoms with E-state index in [-0.39, 0.29) is 17.6 Å². The Labute approximate surface area is 186 Å². The third-order valence-corrected chi connectivity index (χ3v) is 5.80. The number of carbonyl (C=O) groups excluding carboxylic acids is 2. The maximum Gasteiger partial charge on any atom is 0.267 e. The second kappa shape index (κ2) is 9.05. The Balaban J connectivity index is 1.67.